The summed E-state index contributed by atoms with van der Waals surface area (Å²) < 4.78 is 9.80. The molecule has 3 rings (SSSR count). The molecular formula is C17H26O5. The summed E-state index contributed by atoms with van der Waals surface area (Å²) in [5.41, 5.74) is -1.11. The van der Waals surface area contributed by atoms with Gasteiger partial charge in [0.2, 0.25) is 0 Å². The Hall–Kier alpha value is -1.36. The summed E-state index contributed by atoms with van der Waals surface area (Å²) in [4.78, 5) is 24.3. The lowest BCUT2D eigenvalue weighted by atomic mass is 9.48. The van der Waals surface area contributed by atoms with Gasteiger partial charge in [0.1, 0.15) is 0 Å². The molecule has 0 aliphatic heterocycles. The molecule has 5 nitrogen and oxygen atoms in total. The smallest absolute Gasteiger partial charge is 0.350 e. The fourth-order valence-corrected chi connectivity index (χ4v) is 3.70. The van der Waals surface area contributed by atoms with Crippen LogP contribution in [0.1, 0.15) is 47.0 Å². The average molecular weight is 310 g/mol. The minimum atomic E-state index is -2.24. The molecule has 1 fully saturated rings. The summed E-state index contributed by atoms with van der Waals surface area (Å²) in [5.74, 6) is -0.886. The van der Waals surface area contributed by atoms with Gasteiger partial charge in [-0.25, -0.2) is 9.59 Å². The number of carbonyl (C=O) groups is 2. The number of allylic oxidation sites excluding steroid dienone is 1. The van der Waals surface area contributed by atoms with Gasteiger partial charge in [-0.05, 0) is 43.9 Å². The zero-order valence-corrected chi connectivity index (χ0v) is 13.8. The Kier molecular flexibility index (Phi) is 4.66. The van der Waals surface area contributed by atoms with E-state index in [0.717, 1.165) is 18.4 Å². The maximum atomic E-state index is 12.1. The van der Waals surface area contributed by atoms with E-state index in [-0.39, 0.29) is 25.0 Å². The quantitative estimate of drug-likeness (QED) is 0.463. The topological polar surface area (TPSA) is 72.8 Å². The van der Waals surface area contributed by atoms with Gasteiger partial charge in [-0.3, -0.25) is 0 Å². The number of fused-ring (bicyclic) bond motifs is 1. The Balaban J connectivity index is 2.22. The minimum Gasteiger partial charge on any atom is -0.463 e. The lowest BCUT2D eigenvalue weighted by Crippen LogP contribution is -2.53. The number of hydrogen-bond acceptors (Lipinski definition) is 5. The highest BCUT2D eigenvalue weighted by molar-refractivity contribution is 6.03. The largest absolute Gasteiger partial charge is 0.463 e. The van der Waals surface area contributed by atoms with E-state index < -0.39 is 17.5 Å². The van der Waals surface area contributed by atoms with E-state index in [0.29, 0.717) is 11.8 Å². The molecule has 0 heterocycles. The summed E-state index contributed by atoms with van der Waals surface area (Å²) >= 11 is 0. The molecule has 1 saturated carbocycles. The summed E-state index contributed by atoms with van der Waals surface area (Å²) in [6, 6.07) is 0. The van der Waals surface area contributed by atoms with Crippen LogP contribution < -0.4 is 0 Å². The van der Waals surface area contributed by atoms with Crippen LogP contribution in [0.5, 0.6) is 0 Å². The van der Waals surface area contributed by atoms with Crippen molar-refractivity contribution in [3.05, 3.63) is 11.6 Å². The van der Waals surface area contributed by atoms with Crippen molar-refractivity contribution < 1.29 is 24.2 Å². The first-order valence-electron chi connectivity index (χ1n) is 8.03. The van der Waals surface area contributed by atoms with Gasteiger partial charge in [0.25, 0.3) is 5.60 Å². The minimum absolute atomic E-state index is 0.0362. The van der Waals surface area contributed by atoms with Gasteiger partial charge in [-0.15, -0.1) is 0 Å². The number of rotatable bonds is 6. The first-order chi connectivity index (χ1) is 10.3. The Morgan fingerprint density at radius 2 is 1.82 bits per heavy atom. The van der Waals surface area contributed by atoms with Crippen LogP contribution in [0.25, 0.3) is 0 Å². The molecule has 3 aliphatic rings. The van der Waals surface area contributed by atoms with Crippen LogP contribution >= 0.6 is 0 Å². The Bertz CT molecular complexity index is 473. The van der Waals surface area contributed by atoms with Crippen LogP contribution in [0.3, 0.4) is 0 Å². The van der Waals surface area contributed by atoms with Crippen molar-refractivity contribution in [3.63, 3.8) is 0 Å². The second-order valence-electron chi connectivity index (χ2n) is 6.80. The van der Waals surface area contributed by atoms with Crippen LogP contribution in [-0.4, -0.2) is 35.9 Å². The molecule has 2 bridgehead atoms. The van der Waals surface area contributed by atoms with Gasteiger partial charge in [0, 0.05) is 6.42 Å². The molecule has 1 N–H and O–H groups in total. The van der Waals surface area contributed by atoms with Gasteiger partial charge in [-0.2, -0.15) is 0 Å². The molecule has 22 heavy (non-hydrogen) atoms. The Labute approximate surface area is 131 Å². The van der Waals surface area contributed by atoms with Crippen molar-refractivity contribution in [2.75, 3.05) is 13.2 Å². The lowest BCUT2D eigenvalue weighted by Gasteiger charge is -2.57. The molecule has 0 unspecified atom stereocenters. The summed E-state index contributed by atoms with van der Waals surface area (Å²) in [5, 5.41) is 10.7. The number of carbonyl (C=O) groups excluding carboxylic acids is 2. The first-order valence-corrected chi connectivity index (χ1v) is 8.03. The zero-order chi connectivity index (χ0) is 16.5. The van der Waals surface area contributed by atoms with Gasteiger partial charge < -0.3 is 14.6 Å². The summed E-state index contributed by atoms with van der Waals surface area (Å²) in [7, 11) is 0. The predicted molar refractivity (Wildman–Crippen MR) is 80.9 cm³/mol. The van der Waals surface area contributed by atoms with Crippen molar-refractivity contribution >= 4 is 11.9 Å². The number of hydrogen-bond donors (Lipinski definition) is 1. The summed E-state index contributed by atoms with van der Waals surface area (Å²) in [6.07, 6.45) is 4.01. The maximum absolute atomic E-state index is 12.1. The Morgan fingerprint density at radius 3 is 2.23 bits per heavy atom. The average Bonchev–Trinajstić information content (AvgIpc) is 2.47. The molecule has 2 atom stereocenters. The second-order valence-corrected chi connectivity index (χ2v) is 6.80. The Morgan fingerprint density at radius 1 is 1.27 bits per heavy atom. The van der Waals surface area contributed by atoms with Crippen LogP contribution in [-0.2, 0) is 19.1 Å². The van der Waals surface area contributed by atoms with Crippen LogP contribution in [0.15, 0.2) is 11.6 Å². The van der Waals surface area contributed by atoms with Crippen molar-refractivity contribution in [2.24, 2.45) is 17.3 Å². The van der Waals surface area contributed by atoms with E-state index >= 15 is 0 Å². The van der Waals surface area contributed by atoms with Crippen LogP contribution in [0.2, 0.25) is 0 Å². The zero-order valence-electron chi connectivity index (χ0n) is 13.8. The van der Waals surface area contributed by atoms with Gasteiger partial charge in [0.15, 0.2) is 0 Å². The van der Waals surface area contributed by atoms with Gasteiger partial charge in [-0.1, -0.05) is 25.5 Å². The third kappa shape index (κ3) is 2.67. The molecule has 0 saturated heterocycles. The van der Waals surface area contributed by atoms with Crippen molar-refractivity contribution in [3.8, 4) is 0 Å². The van der Waals surface area contributed by atoms with E-state index in [1.54, 1.807) is 13.8 Å². The first kappa shape index (κ1) is 17.0. The molecule has 0 aromatic heterocycles. The molecule has 0 spiro atoms. The third-order valence-electron chi connectivity index (χ3n) is 5.27. The van der Waals surface area contributed by atoms with Gasteiger partial charge >= 0.3 is 11.9 Å². The van der Waals surface area contributed by atoms with E-state index in [2.05, 4.69) is 19.9 Å². The molecule has 124 valence electrons. The van der Waals surface area contributed by atoms with E-state index in [4.69, 9.17) is 9.47 Å². The van der Waals surface area contributed by atoms with Gasteiger partial charge in [0.05, 0.1) is 13.2 Å². The normalized spacial score (nSPS) is 25.8. The van der Waals surface area contributed by atoms with Crippen molar-refractivity contribution in [1.82, 2.24) is 0 Å². The van der Waals surface area contributed by atoms with Crippen LogP contribution in [0.4, 0.5) is 0 Å². The van der Waals surface area contributed by atoms with E-state index in [9.17, 15) is 14.7 Å². The van der Waals surface area contributed by atoms with E-state index in [1.165, 1.54) is 0 Å². The second kappa shape index (κ2) is 6.03. The highest BCUT2D eigenvalue weighted by Gasteiger charge is 2.55. The number of ether oxygens (including phenoxy) is 2. The molecule has 5 heteroatoms. The monoisotopic (exact) mass is 310 g/mol. The molecule has 3 aliphatic carbocycles. The van der Waals surface area contributed by atoms with Crippen molar-refractivity contribution in [1.29, 1.82) is 0 Å². The molecular weight excluding hydrogens is 284 g/mol. The highest BCUT2D eigenvalue weighted by Crippen LogP contribution is 2.60. The third-order valence-corrected chi connectivity index (χ3v) is 5.27. The van der Waals surface area contributed by atoms with Crippen molar-refractivity contribution in [2.45, 2.75) is 52.6 Å². The van der Waals surface area contributed by atoms with E-state index in [1.807, 2.05) is 0 Å². The standard InChI is InChI=1S/C17H26O5/c1-5-21-14(18)17(20,15(19)22-6-2)10-11-7-8-12-9-13(11)16(12,3)4/h7,12-13,20H,5-6,8-10H2,1-4H3/t12-,13-/m0/s1. The molecule has 0 aromatic carbocycles. The molecule has 0 radical (unpaired) electrons. The lowest BCUT2D eigenvalue weighted by molar-refractivity contribution is -0.183. The predicted octanol–water partition coefficient (Wildman–Crippen LogP) is 2.23. The molecule has 0 aromatic rings. The molecule has 0 amide bonds. The fraction of sp³-hybridized carbons (Fsp3) is 0.765. The highest BCUT2D eigenvalue weighted by atomic mass is 16.6. The summed E-state index contributed by atoms with van der Waals surface area (Å²) in [6.45, 7) is 7.90. The number of aliphatic hydroxyl groups is 1. The number of esters is 2. The fourth-order valence-electron chi connectivity index (χ4n) is 3.70. The SMILES string of the molecule is CCOC(=O)C(O)(CC1=CC[C@H]2C[C@@H]1C2(C)C)C(=O)OCC. The maximum Gasteiger partial charge on any atom is 0.350 e. The van der Waals surface area contributed by atoms with Crippen LogP contribution in [0, 0.1) is 17.3 Å².